The van der Waals surface area contributed by atoms with Gasteiger partial charge in [0.2, 0.25) is 5.91 Å². The summed E-state index contributed by atoms with van der Waals surface area (Å²) in [5.74, 6) is 4.21. The van der Waals surface area contributed by atoms with Gasteiger partial charge in [-0.25, -0.2) is 0 Å². The van der Waals surface area contributed by atoms with E-state index in [0.29, 0.717) is 24.2 Å². The summed E-state index contributed by atoms with van der Waals surface area (Å²) in [6.45, 7) is -0.000280. The molecular formula is C30H29N5O4. The molecule has 3 aromatic carbocycles. The quantitative estimate of drug-likeness (QED) is 0.179. The topological polar surface area (TPSA) is 142 Å². The normalized spacial score (nSPS) is 12.8. The molecule has 198 valence electrons. The van der Waals surface area contributed by atoms with E-state index < -0.39 is 17.9 Å². The number of nitrogens with two attached hydrogens (primary N) is 2. The number of fused-ring (bicyclic) bond motifs is 1. The van der Waals surface area contributed by atoms with Crippen LogP contribution in [0, 0.1) is 11.8 Å². The molecule has 1 aliphatic heterocycles. The Labute approximate surface area is 226 Å². The van der Waals surface area contributed by atoms with Crippen LogP contribution in [-0.2, 0) is 9.59 Å². The molecule has 0 saturated carbocycles. The monoisotopic (exact) mass is 523 g/mol. The van der Waals surface area contributed by atoms with Crippen LogP contribution in [0.5, 0.6) is 0 Å². The maximum absolute atomic E-state index is 13.9. The minimum atomic E-state index is -1.05. The molecule has 4 rings (SSSR count). The molecule has 0 spiro atoms. The first-order valence-electron chi connectivity index (χ1n) is 12.5. The lowest BCUT2D eigenvalue weighted by atomic mass is 9.95. The van der Waals surface area contributed by atoms with Crippen LogP contribution >= 0.6 is 0 Å². The fourth-order valence-electron chi connectivity index (χ4n) is 4.47. The lowest BCUT2D eigenvalue weighted by Gasteiger charge is -2.32. The first kappa shape index (κ1) is 26.9. The van der Waals surface area contributed by atoms with Crippen molar-refractivity contribution >= 4 is 29.4 Å². The van der Waals surface area contributed by atoms with Crippen molar-refractivity contribution < 1.29 is 19.5 Å². The molecule has 0 unspecified atom stereocenters. The zero-order valence-corrected chi connectivity index (χ0v) is 21.3. The van der Waals surface area contributed by atoms with Crippen LogP contribution in [0.2, 0.25) is 0 Å². The van der Waals surface area contributed by atoms with Crippen molar-refractivity contribution in [3.63, 3.8) is 0 Å². The summed E-state index contributed by atoms with van der Waals surface area (Å²) >= 11 is 0. The van der Waals surface area contributed by atoms with Crippen LogP contribution in [0.3, 0.4) is 0 Å². The van der Waals surface area contributed by atoms with Crippen molar-refractivity contribution in [3.05, 3.63) is 101 Å². The number of nitrogens with zero attached hydrogens (tertiary/aromatic N) is 3. The van der Waals surface area contributed by atoms with Crippen LogP contribution in [0.4, 0.5) is 5.69 Å². The second-order valence-corrected chi connectivity index (χ2v) is 8.95. The van der Waals surface area contributed by atoms with Gasteiger partial charge >= 0.3 is 5.97 Å². The first-order valence-corrected chi connectivity index (χ1v) is 12.5. The number of carboxylic acid groups (broad SMARTS) is 1. The summed E-state index contributed by atoms with van der Waals surface area (Å²) in [5, 5.41) is 9.24. The number of aliphatic imine (C=N–C) groups is 1. The Kier molecular flexibility index (Phi) is 8.59. The third-order valence-electron chi connectivity index (χ3n) is 6.22. The molecule has 2 amide bonds. The fraction of sp³-hybridized carbons (Fsp3) is 0.200. The molecule has 9 heteroatoms. The van der Waals surface area contributed by atoms with Gasteiger partial charge in [0.05, 0.1) is 30.3 Å². The molecule has 1 heterocycles. The molecule has 3 aromatic rings. The molecule has 0 radical (unpaired) electrons. The maximum Gasteiger partial charge on any atom is 0.305 e. The van der Waals surface area contributed by atoms with Crippen molar-refractivity contribution in [2.24, 2.45) is 16.5 Å². The Hall–Kier alpha value is -5.10. The number of anilines is 1. The van der Waals surface area contributed by atoms with E-state index in [-0.39, 0.29) is 36.9 Å². The average molecular weight is 524 g/mol. The summed E-state index contributed by atoms with van der Waals surface area (Å²) in [6.07, 6.45) is 0.141. The minimum absolute atomic E-state index is 0.00924. The molecule has 1 aliphatic rings. The van der Waals surface area contributed by atoms with Gasteiger partial charge in [-0.3, -0.25) is 24.3 Å². The van der Waals surface area contributed by atoms with E-state index in [1.807, 2.05) is 60.7 Å². The van der Waals surface area contributed by atoms with Gasteiger partial charge in [0.1, 0.15) is 6.54 Å². The molecule has 9 nitrogen and oxygen atoms in total. The zero-order chi connectivity index (χ0) is 27.8. The van der Waals surface area contributed by atoms with E-state index in [0.717, 1.165) is 11.1 Å². The van der Waals surface area contributed by atoms with Crippen LogP contribution in [0.25, 0.3) is 0 Å². The lowest BCUT2D eigenvalue weighted by molar-refractivity contribution is -0.137. The average Bonchev–Trinajstić information content (AvgIpc) is 3.03. The highest BCUT2D eigenvalue weighted by atomic mass is 16.4. The highest BCUT2D eigenvalue weighted by Crippen LogP contribution is 2.37. The standard InChI is InChI=1S/C30H29N5O4/c31-30(32)33-17-8-7-9-21-14-15-25-24(19-21)29(39)34(18-16-27(37)38)20-26(36)35(25)28(22-10-3-1-4-11-22)23-12-5-2-6-13-23/h1-6,10-15,19,28H,8,16-18,20H2,(H,37,38)(H4,31,32,33). The van der Waals surface area contributed by atoms with E-state index >= 15 is 0 Å². The molecule has 0 saturated heterocycles. The molecule has 0 bridgehead atoms. The Bertz CT molecular complexity index is 1400. The predicted molar refractivity (Wildman–Crippen MR) is 149 cm³/mol. The summed E-state index contributed by atoms with van der Waals surface area (Å²) in [5.41, 5.74) is 13.7. The van der Waals surface area contributed by atoms with Gasteiger partial charge < -0.3 is 21.5 Å². The minimum Gasteiger partial charge on any atom is -0.481 e. The van der Waals surface area contributed by atoms with Gasteiger partial charge in [0, 0.05) is 18.5 Å². The van der Waals surface area contributed by atoms with E-state index in [1.54, 1.807) is 23.1 Å². The maximum atomic E-state index is 13.9. The summed E-state index contributed by atoms with van der Waals surface area (Å²) in [7, 11) is 0. The largest absolute Gasteiger partial charge is 0.481 e. The second kappa shape index (κ2) is 12.4. The highest BCUT2D eigenvalue weighted by Gasteiger charge is 2.36. The Morgan fingerprint density at radius 3 is 2.21 bits per heavy atom. The summed E-state index contributed by atoms with van der Waals surface area (Å²) < 4.78 is 0. The van der Waals surface area contributed by atoms with Crippen molar-refractivity contribution in [1.82, 2.24) is 4.90 Å². The third-order valence-corrected chi connectivity index (χ3v) is 6.22. The number of guanidine groups is 1. The van der Waals surface area contributed by atoms with Gasteiger partial charge in [-0.2, -0.15) is 0 Å². The Morgan fingerprint density at radius 2 is 1.62 bits per heavy atom. The van der Waals surface area contributed by atoms with Crippen LogP contribution in [0.15, 0.2) is 83.9 Å². The van der Waals surface area contributed by atoms with E-state index in [9.17, 15) is 19.5 Å². The van der Waals surface area contributed by atoms with Crippen molar-refractivity contribution in [3.8, 4) is 11.8 Å². The van der Waals surface area contributed by atoms with Crippen LogP contribution in [0.1, 0.15) is 45.9 Å². The number of hydrogen-bond acceptors (Lipinski definition) is 4. The van der Waals surface area contributed by atoms with Crippen molar-refractivity contribution in [1.29, 1.82) is 0 Å². The smallest absolute Gasteiger partial charge is 0.305 e. The van der Waals surface area contributed by atoms with E-state index in [1.165, 1.54) is 4.90 Å². The predicted octanol–water partition coefficient (Wildman–Crippen LogP) is 2.75. The number of amides is 2. The van der Waals surface area contributed by atoms with Crippen LogP contribution in [-0.4, -0.2) is 53.4 Å². The number of rotatable bonds is 8. The van der Waals surface area contributed by atoms with Gasteiger partial charge in [0.15, 0.2) is 5.96 Å². The third kappa shape index (κ3) is 6.62. The zero-order valence-electron chi connectivity index (χ0n) is 21.3. The van der Waals surface area contributed by atoms with Gasteiger partial charge in [-0.05, 0) is 29.3 Å². The second-order valence-electron chi connectivity index (χ2n) is 8.95. The van der Waals surface area contributed by atoms with E-state index in [4.69, 9.17) is 11.5 Å². The SMILES string of the molecule is NC(N)=NCCC#Cc1ccc2c(c1)C(=O)N(CCC(=O)O)CC(=O)N2C(c1ccccc1)c1ccccc1. The molecule has 0 aliphatic carbocycles. The number of carbonyl (C=O) groups excluding carboxylic acids is 2. The summed E-state index contributed by atoms with van der Waals surface area (Å²) in [6, 6.07) is 23.8. The number of aliphatic carboxylic acids is 1. The number of carbonyl (C=O) groups is 3. The Balaban J connectivity index is 1.82. The first-order chi connectivity index (χ1) is 18.8. The van der Waals surface area contributed by atoms with Crippen LogP contribution < -0.4 is 16.4 Å². The fourth-order valence-corrected chi connectivity index (χ4v) is 4.47. The highest BCUT2D eigenvalue weighted by molar-refractivity contribution is 6.10. The summed E-state index contributed by atoms with van der Waals surface area (Å²) in [4.78, 5) is 45.7. The molecule has 0 fully saturated rings. The molecule has 39 heavy (non-hydrogen) atoms. The Morgan fingerprint density at radius 1 is 0.974 bits per heavy atom. The molecule has 5 N–H and O–H groups in total. The van der Waals surface area contributed by atoms with Crippen molar-refractivity contribution in [2.75, 3.05) is 24.5 Å². The number of benzene rings is 3. The van der Waals surface area contributed by atoms with Gasteiger partial charge in [-0.15, -0.1) is 0 Å². The van der Waals surface area contributed by atoms with Crippen molar-refractivity contribution in [2.45, 2.75) is 18.9 Å². The molecule has 0 aromatic heterocycles. The molecular weight excluding hydrogens is 494 g/mol. The molecule has 0 atom stereocenters. The van der Waals surface area contributed by atoms with E-state index in [2.05, 4.69) is 16.8 Å². The van der Waals surface area contributed by atoms with Gasteiger partial charge in [-0.1, -0.05) is 72.5 Å². The number of hydrogen-bond donors (Lipinski definition) is 3. The lowest BCUT2D eigenvalue weighted by Crippen LogP contribution is -2.42. The van der Waals surface area contributed by atoms with Gasteiger partial charge in [0.25, 0.3) is 5.91 Å². The number of carboxylic acids is 1.